The lowest BCUT2D eigenvalue weighted by Gasteiger charge is -2.26. The highest BCUT2D eigenvalue weighted by Crippen LogP contribution is 2.21. The first kappa shape index (κ1) is 14.7. The lowest BCUT2D eigenvalue weighted by atomic mass is 10.1. The number of nitrogens with zero attached hydrogens (tertiary/aromatic N) is 1. The van der Waals surface area contributed by atoms with E-state index in [-0.39, 0.29) is 0 Å². The molecular weight excluding hydrogens is 258 g/mol. The fraction of sp³-hybridized carbons (Fsp3) is 0.625. The van der Waals surface area contributed by atoms with Crippen molar-refractivity contribution in [2.45, 2.75) is 39.0 Å². The summed E-state index contributed by atoms with van der Waals surface area (Å²) in [6, 6.07) is 5.85. The van der Waals surface area contributed by atoms with Crippen LogP contribution in [0.5, 0.6) is 5.75 Å². The van der Waals surface area contributed by atoms with Crippen LogP contribution in [0.1, 0.15) is 37.7 Å². The van der Waals surface area contributed by atoms with Crippen LogP contribution < -0.4 is 4.74 Å². The van der Waals surface area contributed by atoms with E-state index in [1.165, 1.54) is 45.3 Å². The average Bonchev–Trinajstić information content (AvgIpc) is 2.43. The summed E-state index contributed by atoms with van der Waals surface area (Å²) in [6.45, 7) is 6.61. The molecule has 2 rings (SSSR count). The number of ether oxygens (including phenoxy) is 1. The normalized spacial score (nSPS) is 16.5. The van der Waals surface area contributed by atoms with Crippen LogP contribution in [0.15, 0.2) is 18.2 Å². The quantitative estimate of drug-likeness (QED) is 0.721. The molecule has 2 nitrogen and oxygen atoms in total. The summed E-state index contributed by atoms with van der Waals surface area (Å²) in [5.41, 5.74) is 1.08. The Morgan fingerprint density at radius 1 is 1.16 bits per heavy atom. The van der Waals surface area contributed by atoms with Gasteiger partial charge in [-0.15, -0.1) is 0 Å². The Hall–Kier alpha value is -0.730. The zero-order chi connectivity index (χ0) is 13.5. The molecule has 19 heavy (non-hydrogen) atoms. The SMILES string of the molecule is Cc1cc(OCCCCN2CCCCC2)ccc1Cl. The van der Waals surface area contributed by atoms with Gasteiger partial charge >= 0.3 is 0 Å². The maximum absolute atomic E-state index is 5.99. The van der Waals surface area contributed by atoms with E-state index in [1.54, 1.807) is 0 Å². The minimum Gasteiger partial charge on any atom is -0.494 e. The first-order valence-corrected chi connectivity index (χ1v) is 7.75. The summed E-state index contributed by atoms with van der Waals surface area (Å²) in [6.07, 6.45) is 6.52. The van der Waals surface area contributed by atoms with Crippen LogP contribution in [0.2, 0.25) is 5.02 Å². The highest BCUT2D eigenvalue weighted by atomic mass is 35.5. The van der Waals surface area contributed by atoms with E-state index in [2.05, 4.69) is 4.90 Å². The van der Waals surface area contributed by atoms with Crippen molar-refractivity contribution in [1.82, 2.24) is 4.90 Å². The molecule has 1 fully saturated rings. The van der Waals surface area contributed by atoms with Gasteiger partial charge in [0, 0.05) is 5.02 Å². The monoisotopic (exact) mass is 281 g/mol. The van der Waals surface area contributed by atoms with Crippen LogP contribution in [0.25, 0.3) is 0 Å². The topological polar surface area (TPSA) is 12.5 Å². The molecule has 0 radical (unpaired) electrons. The Morgan fingerprint density at radius 3 is 2.68 bits per heavy atom. The van der Waals surface area contributed by atoms with Crippen LogP contribution in [-0.4, -0.2) is 31.1 Å². The van der Waals surface area contributed by atoms with E-state index in [0.29, 0.717) is 0 Å². The van der Waals surface area contributed by atoms with Crippen molar-refractivity contribution in [3.8, 4) is 5.75 Å². The average molecular weight is 282 g/mol. The molecular formula is C16H24ClNO. The van der Waals surface area contributed by atoms with Gasteiger partial charge in [0.25, 0.3) is 0 Å². The van der Waals surface area contributed by atoms with Gasteiger partial charge in [-0.1, -0.05) is 18.0 Å². The summed E-state index contributed by atoms with van der Waals surface area (Å²) in [7, 11) is 0. The molecule has 0 N–H and O–H groups in total. The molecule has 3 heteroatoms. The largest absolute Gasteiger partial charge is 0.494 e. The fourth-order valence-corrected chi connectivity index (χ4v) is 2.64. The number of likely N-dealkylation sites (tertiary alicyclic amines) is 1. The van der Waals surface area contributed by atoms with E-state index >= 15 is 0 Å². The predicted molar refractivity (Wildman–Crippen MR) is 81.2 cm³/mol. The number of piperidine rings is 1. The summed E-state index contributed by atoms with van der Waals surface area (Å²) in [5, 5.41) is 0.803. The van der Waals surface area contributed by atoms with Gasteiger partial charge in [0.15, 0.2) is 0 Å². The van der Waals surface area contributed by atoms with Crippen LogP contribution in [0.4, 0.5) is 0 Å². The van der Waals surface area contributed by atoms with Gasteiger partial charge in [0.05, 0.1) is 6.61 Å². The molecule has 1 aliphatic rings. The van der Waals surface area contributed by atoms with Crippen molar-refractivity contribution < 1.29 is 4.74 Å². The molecule has 0 bridgehead atoms. The molecule has 0 aromatic heterocycles. The second-order valence-electron chi connectivity index (χ2n) is 5.37. The van der Waals surface area contributed by atoms with Crippen LogP contribution in [0.3, 0.4) is 0 Å². The first-order chi connectivity index (χ1) is 9.25. The Bertz CT molecular complexity index is 388. The summed E-state index contributed by atoms with van der Waals surface area (Å²) in [5.74, 6) is 0.930. The molecule has 1 aromatic carbocycles. The Kier molecular flexibility index (Phi) is 5.99. The standard InChI is InChI=1S/C16H24ClNO/c1-14-13-15(7-8-16(14)17)19-12-6-5-11-18-9-3-2-4-10-18/h7-8,13H,2-6,9-12H2,1H3. The Balaban J connectivity index is 1.59. The van der Waals surface area contributed by atoms with Gasteiger partial charge in [-0.05, 0) is 76.0 Å². The third-order valence-corrected chi connectivity index (χ3v) is 4.14. The number of benzene rings is 1. The first-order valence-electron chi connectivity index (χ1n) is 7.37. The molecule has 1 aromatic rings. The third kappa shape index (κ3) is 5.04. The number of rotatable bonds is 6. The van der Waals surface area contributed by atoms with Crippen LogP contribution >= 0.6 is 11.6 Å². The molecule has 0 saturated carbocycles. The highest BCUT2D eigenvalue weighted by Gasteiger charge is 2.08. The zero-order valence-electron chi connectivity index (χ0n) is 11.8. The van der Waals surface area contributed by atoms with Crippen molar-refractivity contribution >= 4 is 11.6 Å². The lowest BCUT2D eigenvalue weighted by Crippen LogP contribution is -2.30. The maximum atomic E-state index is 5.99. The smallest absolute Gasteiger partial charge is 0.119 e. The van der Waals surface area contributed by atoms with Gasteiger partial charge in [0.1, 0.15) is 5.75 Å². The molecule has 0 atom stereocenters. The van der Waals surface area contributed by atoms with E-state index in [4.69, 9.17) is 16.3 Å². The number of hydrogen-bond acceptors (Lipinski definition) is 2. The van der Waals surface area contributed by atoms with E-state index in [0.717, 1.165) is 29.4 Å². The minimum absolute atomic E-state index is 0.801. The van der Waals surface area contributed by atoms with Gasteiger partial charge in [-0.3, -0.25) is 0 Å². The molecule has 0 unspecified atom stereocenters. The number of aryl methyl sites for hydroxylation is 1. The number of unbranched alkanes of at least 4 members (excludes halogenated alkanes) is 1. The second-order valence-corrected chi connectivity index (χ2v) is 5.78. The van der Waals surface area contributed by atoms with Gasteiger partial charge in [-0.2, -0.15) is 0 Å². The molecule has 0 amide bonds. The lowest BCUT2D eigenvalue weighted by molar-refractivity contribution is 0.216. The Morgan fingerprint density at radius 2 is 1.95 bits per heavy atom. The van der Waals surface area contributed by atoms with E-state index < -0.39 is 0 Å². The van der Waals surface area contributed by atoms with E-state index in [1.807, 2.05) is 25.1 Å². The highest BCUT2D eigenvalue weighted by molar-refractivity contribution is 6.31. The number of halogens is 1. The zero-order valence-corrected chi connectivity index (χ0v) is 12.6. The maximum Gasteiger partial charge on any atom is 0.119 e. The van der Waals surface area contributed by atoms with Crippen molar-refractivity contribution in [3.63, 3.8) is 0 Å². The molecule has 1 saturated heterocycles. The van der Waals surface area contributed by atoms with Crippen molar-refractivity contribution in [2.24, 2.45) is 0 Å². The predicted octanol–water partition coefficient (Wildman–Crippen LogP) is 4.29. The van der Waals surface area contributed by atoms with Crippen molar-refractivity contribution in [1.29, 1.82) is 0 Å². The van der Waals surface area contributed by atoms with Crippen LogP contribution in [0, 0.1) is 6.92 Å². The van der Waals surface area contributed by atoms with Gasteiger partial charge in [-0.25, -0.2) is 0 Å². The summed E-state index contributed by atoms with van der Waals surface area (Å²) >= 11 is 5.99. The summed E-state index contributed by atoms with van der Waals surface area (Å²) < 4.78 is 5.75. The Labute approximate surface area is 121 Å². The second kappa shape index (κ2) is 7.76. The van der Waals surface area contributed by atoms with Crippen LogP contribution in [-0.2, 0) is 0 Å². The molecule has 106 valence electrons. The molecule has 1 heterocycles. The number of hydrogen-bond donors (Lipinski definition) is 0. The van der Waals surface area contributed by atoms with Gasteiger partial charge in [0.2, 0.25) is 0 Å². The molecule has 0 spiro atoms. The van der Waals surface area contributed by atoms with Gasteiger partial charge < -0.3 is 9.64 Å². The fourth-order valence-electron chi connectivity index (χ4n) is 2.52. The van der Waals surface area contributed by atoms with Crippen molar-refractivity contribution in [2.75, 3.05) is 26.2 Å². The minimum atomic E-state index is 0.801. The van der Waals surface area contributed by atoms with E-state index in [9.17, 15) is 0 Å². The molecule has 0 aliphatic carbocycles. The summed E-state index contributed by atoms with van der Waals surface area (Å²) in [4.78, 5) is 2.58. The third-order valence-electron chi connectivity index (χ3n) is 3.72. The van der Waals surface area contributed by atoms with Crippen molar-refractivity contribution in [3.05, 3.63) is 28.8 Å². The molecule has 1 aliphatic heterocycles.